The topological polar surface area (TPSA) is 89.0 Å². The van der Waals surface area contributed by atoms with Crippen LogP contribution in [0, 0.1) is 12.8 Å². The lowest BCUT2D eigenvalue weighted by Crippen LogP contribution is -2.32. The van der Waals surface area contributed by atoms with Crippen molar-refractivity contribution >= 4 is 17.7 Å². The Morgan fingerprint density at radius 3 is 2.36 bits per heavy atom. The monoisotopic (exact) mass is 558 g/mol. The molecule has 0 bridgehead atoms. The van der Waals surface area contributed by atoms with Crippen molar-refractivity contribution in [2.45, 2.75) is 43.6 Å². The van der Waals surface area contributed by atoms with E-state index in [1.807, 2.05) is 25.4 Å². The van der Waals surface area contributed by atoms with Crippen LogP contribution < -0.4 is 0 Å². The second-order valence-corrected chi connectivity index (χ2v) is 10.9. The van der Waals surface area contributed by atoms with Crippen LogP contribution in [0.25, 0.3) is 11.4 Å². The summed E-state index contributed by atoms with van der Waals surface area (Å²) in [6, 6.07) is 8.23. The highest BCUT2D eigenvalue weighted by Crippen LogP contribution is 2.32. The van der Waals surface area contributed by atoms with E-state index in [9.17, 15) is 4.79 Å². The van der Waals surface area contributed by atoms with Crippen LogP contribution in [0.3, 0.4) is 0 Å². The van der Waals surface area contributed by atoms with Crippen molar-refractivity contribution in [2.24, 2.45) is 5.92 Å². The van der Waals surface area contributed by atoms with Gasteiger partial charge in [-0.15, -0.1) is 11.8 Å². The number of rotatable bonds is 18. The number of nitrogens with zero attached hydrogens (tertiary/aromatic N) is 2. The summed E-state index contributed by atoms with van der Waals surface area (Å²) in [5, 5.41) is -0.0893. The molecule has 2 aromatic heterocycles. The number of aromatic nitrogens is 2. The molecule has 1 aliphatic heterocycles. The molecule has 9 heteroatoms. The van der Waals surface area contributed by atoms with Crippen LogP contribution in [0.2, 0.25) is 0 Å². The van der Waals surface area contributed by atoms with Gasteiger partial charge in [-0.3, -0.25) is 14.8 Å². The molecule has 0 saturated carbocycles. The SMILES string of the molecule is COCCOCCOCCOC(=O)C1SC(COCCCCc2ccnc(-c3cc(C)ccn3)c2)C=CC1C. The molecule has 2 aromatic rings. The Morgan fingerprint density at radius 1 is 0.872 bits per heavy atom. The molecule has 0 amide bonds. The molecule has 3 atom stereocenters. The van der Waals surface area contributed by atoms with Crippen molar-refractivity contribution in [3.8, 4) is 11.4 Å². The van der Waals surface area contributed by atoms with Crippen LogP contribution in [0.4, 0.5) is 0 Å². The van der Waals surface area contributed by atoms with Crippen LogP contribution in [0.15, 0.2) is 48.8 Å². The molecule has 0 saturated heterocycles. The lowest BCUT2D eigenvalue weighted by molar-refractivity contribution is -0.145. The molecule has 0 radical (unpaired) electrons. The van der Waals surface area contributed by atoms with Gasteiger partial charge in [0.1, 0.15) is 11.9 Å². The van der Waals surface area contributed by atoms with Crippen LogP contribution >= 0.6 is 11.8 Å². The number of ether oxygens (including phenoxy) is 5. The zero-order chi connectivity index (χ0) is 27.7. The first-order chi connectivity index (χ1) is 19.1. The highest BCUT2D eigenvalue weighted by Gasteiger charge is 2.31. The summed E-state index contributed by atoms with van der Waals surface area (Å²) in [6.07, 6.45) is 10.9. The van der Waals surface area contributed by atoms with Gasteiger partial charge in [-0.25, -0.2) is 0 Å². The number of carbonyl (C=O) groups excluding carboxylic acids is 1. The molecule has 8 nitrogen and oxygen atoms in total. The smallest absolute Gasteiger partial charge is 0.319 e. The van der Waals surface area contributed by atoms with Gasteiger partial charge in [0, 0.05) is 31.4 Å². The molecule has 3 unspecified atom stereocenters. The standard InChI is InChI=1S/C30H42N2O6S/c1-23-9-11-31-27(20-23)28-21-25(10-12-32-28)6-4-5-13-37-22-26-8-7-24(2)29(39-26)30(33)38-19-18-36-17-16-35-15-14-34-3/h7-12,20-21,24,26,29H,4-6,13-19,22H2,1-3H3. The fourth-order valence-electron chi connectivity index (χ4n) is 4.05. The summed E-state index contributed by atoms with van der Waals surface area (Å²) in [7, 11) is 1.64. The van der Waals surface area contributed by atoms with E-state index in [0.717, 1.165) is 30.7 Å². The van der Waals surface area contributed by atoms with E-state index < -0.39 is 0 Å². The summed E-state index contributed by atoms with van der Waals surface area (Å²) >= 11 is 1.62. The number of thioether (sulfide) groups is 1. The quantitative estimate of drug-likeness (QED) is 0.147. The molecule has 214 valence electrons. The first kappa shape index (κ1) is 31.2. The summed E-state index contributed by atoms with van der Waals surface area (Å²) in [4.78, 5) is 21.5. The molecular weight excluding hydrogens is 516 g/mol. The van der Waals surface area contributed by atoms with Gasteiger partial charge in [-0.05, 0) is 67.5 Å². The summed E-state index contributed by atoms with van der Waals surface area (Å²) in [5.74, 6) is -0.0755. The number of unbranched alkanes of at least 4 members (excludes halogenated alkanes) is 1. The van der Waals surface area contributed by atoms with Crippen molar-refractivity contribution in [1.29, 1.82) is 0 Å². The van der Waals surface area contributed by atoms with Gasteiger partial charge in [0.25, 0.3) is 0 Å². The van der Waals surface area contributed by atoms with Gasteiger partial charge in [0.05, 0.1) is 51.0 Å². The fraction of sp³-hybridized carbons (Fsp3) is 0.567. The van der Waals surface area contributed by atoms with Crippen molar-refractivity contribution in [3.05, 3.63) is 59.9 Å². The van der Waals surface area contributed by atoms with Crippen molar-refractivity contribution in [2.75, 3.05) is 60.0 Å². The van der Waals surface area contributed by atoms with Crippen LogP contribution in [0.5, 0.6) is 0 Å². The average Bonchev–Trinajstić information content (AvgIpc) is 2.95. The van der Waals surface area contributed by atoms with E-state index in [-0.39, 0.29) is 29.0 Å². The third kappa shape index (κ3) is 11.8. The number of carbonyl (C=O) groups is 1. The first-order valence-electron chi connectivity index (χ1n) is 13.7. The van der Waals surface area contributed by atoms with Crippen molar-refractivity contribution in [1.82, 2.24) is 9.97 Å². The van der Waals surface area contributed by atoms with Crippen molar-refractivity contribution < 1.29 is 28.5 Å². The Balaban J connectivity index is 1.27. The highest BCUT2D eigenvalue weighted by atomic mass is 32.2. The molecule has 0 fully saturated rings. The summed E-state index contributed by atoms with van der Waals surface area (Å²) in [6.45, 7) is 8.05. The molecule has 0 N–H and O–H groups in total. The molecule has 1 aliphatic rings. The maximum absolute atomic E-state index is 12.6. The van der Waals surface area contributed by atoms with Crippen LogP contribution in [-0.2, 0) is 34.9 Å². The number of hydrogen-bond acceptors (Lipinski definition) is 9. The molecule has 0 aromatic carbocycles. The predicted molar refractivity (Wildman–Crippen MR) is 154 cm³/mol. The second-order valence-electron chi connectivity index (χ2n) is 9.52. The normalized spacial score (nSPS) is 18.8. The average molecular weight is 559 g/mol. The minimum absolute atomic E-state index is 0.120. The minimum Gasteiger partial charge on any atom is -0.462 e. The number of methoxy groups -OCH3 is 1. The molecule has 0 spiro atoms. The van der Waals surface area contributed by atoms with E-state index in [1.54, 1.807) is 18.9 Å². The minimum atomic E-state index is -0.232. The van der Waals surface area contributed by atoms with Gasteiger partial charge in [0.15, 0.2) is 0 Å². The number of pyridine rings is 2. The Labute approximate surface area is 236 Å². The van der Waals surface area contributed by atoms with E-state index in [2.05, 4.69) is 47.2 Å². The highest BCUT2D eigenvalue weighted by molar-refractivity contribution is 8.01. The third-order valence-electron chi connectivity index (χ3n) is 6.22. The number of aryl methyl sites for hydroxylation is 2. The molecule has 0 aliphatic carbocycles. The molecule has 3 heterocycles. The van der Waals surface area contributed by atoms with Crippen LogP contribution in [0.1, 0.15) is 30.9 Å². The number of hydrogen-bond donors (Lipinski definition) is 0. The van der Waals surface area contributed by atoms with Gasteiger partial charge in [-0.1, -0.05) is 19.1 Å². The first-order valence-corrected chi connectivity index (χ1v) is 14.6. The molecular formula is C30H42N2O6S. The molecule has 39 heavy (non-hydrogen) atoms. The number of allylic oxidation sites excluding steroid dienone is 1. The maximum Gasteiger partial charge on any atom is 0.319 e. The van der Waals surface area contributed by atoms with Crippen molar-refractivity contribution in [3.63, 3.8) is 0 Å². The maximum atomic E-state index is 12.6. The molecule has 3 rings (SSSR count). The number of esters is 1. The Kier molecular flexibility index (Phi) is 14.5. The van der Waals surface area contributed by atoms with E-state index in [4.69, 9.17) is 23.7 Å². The van der Waals surface area contributed by atoms with Gasteiger partial charge in [-0.2, -0.15) is 0 Å². The largest absolute Gasteiger partial charge is 0.462 e. The second kappa shape index (κ2) is 18.1. The Morgan fingerprint density at radius 2 is 1.59 bits per heavy atom. The predicted octanol–water partition coefficient (Wildman–Crippen LogP) is 4.69. The van der Waals surface area contributed by atoms with Gasteiger partial charge < -0.3 is 23.7 Å². The third-order valence-corrected chi connectivity index (χ3v) is 7.78. The Bertz CT molecular complexity index is 1020. The van der Waals surface area contributed by atoms with E-state index in [1.165, 1.54) is 11.1 Å². The van der Waals surface area contributed by atoms with E-state index in [0.29, 0.717) is 46.2 Å². The zero-order valence-electron chi connectivity index (χ0n) is 23.4. The zero-order valence-corrected chi connectivity index (χ0v) is 24.2. The summed E-state index contributed by atoms with van der Waals surface area (Å²) < 4.78 is 27.1. The summed E-state index contributed by atoms with van der Waals surface area (Å²) in [5.41, 5.74) is 4.24. The van der Waals surface area contributed by atoms with Crippen LogP contribution in [-0.4, -0.2) is 86.4 Å². The lowest BCUT2D eigenvalue weighted by atomic mass is 10.1. The fourth-order valence-corrected chi connectivity index (χ4v) is 5.30. The Hall–Kier alpha value is -2.30. The van der Waals surface area contributed by atoms with Gasteiger partial charge >= 0.3 is 5.97 Å². The van der Waals surface area contributed by atoms with E-state index >= 15 is 0 Å². The van der Waals surface area contributed by atoms with Gasteiger partial charge in [0.2, 0.25) is 0 Å². The lowest BCUT2D eigenvalue weighted by Gasteiger charge is -2.27.